The zero-order valence-corrected chi connectivity index (χ0v) is 19.4. The quantitative estimate of drug-likeness (QED) is 0.321. The number of nitrogens with one attached hydrogen (secondary N) is 1. The van der Waals surface area contributed by atoms with Crippen LogP contribution in [0.5, 0.6) is 0 Å². The van der Waals surface area contributed by atoms with E-state index in [9.17, 15) is 9.18 Å². The topological polar surface area (TPSA) is 66.0 Å². The van der Waals surface area contributed by atoms with Gasteiger partial charge in [-0.1, -0.05) is 53.4 Å². The van der Waals surface area contributed by atoms with E-state index < -0.39 is 5.82 Å². The second-order valence-corrected chi connectivity index (χ2v) is 8.42. The van der Waals surface area contributed by atoms with E-state index in [2.05, 4.69) is 32.1 Å². The maximum Gasteiger partial charge on any atom is 0.323 e. The Morgan fingerprint density at radius 2 is 1.86 bits per heavy atom. The van der Waals surface area contributed by atoms with Gasteiger partial charge in [-0.3, -0.25) is 10.2 Å². The molecule has 1 aliphatic rings. The van der Waals surface area contributed by atoms with Gasteiger partial charge in [0.15, 0.2) is 11.4 Å². The van der Waals surface area contributed by atoms with Crippen LogP contribution in [0, 0.1) is 24.2 Å². The summed E-state index contributed by atoms with van der Waals surface area (Å²) in [5, 5.41) is 7.59. The molecule has 5 rings (SSSR count). The molecule has 4 aromatic rings. The number of hydrogen-bond acceptors (Lipinski definition) is 4. The Hall–Kier alpha value is -4.66. The van der Waals surface area contributed by atoms with Gasteiger partial charge in [0.1, 0.15) is 5.82 Å². The van der Waals surface area contributed by atoms with Crippen molar-refractivity contribution in [3.05, 3.63) is 101 Å². The van der Waals surface area contributed by atoms with Crippen LogP contribution in [0.25, 0.3) is 15.8 Å². The van der Waals surface area contributed by atoms with Crippen molar-refractivity contribution in [1.82, 2.24) is 15.0 Å². The summed E-state index contributed by atoms with van der Waals surface area (Å²) >= 11 is 0. The Morgan fingerprint density at radius 1 is 1.06 bits per heavy atom. The average Bonchev–Trinajstić information content (AvgIpc) is 3.31. The predicted octanol–water partition coefficient (Wildman–Crippen LogP) is 5.27. The van der Waals surface area contributed by atoms with Gasteiger partial charge < -0.3 is 9.42 Å². The van der Waals surface area contributed by atoms with Crippen molar-refractivity contribution in [2.24, 2.45) is 0 Å². The van der Waals surface area contributed by atoms with Crippen molar-refractivity contribution in [3.8, 4) is 11.8 Å². The lowest BCUT2D eigenvalue weighted by atomic mass is 10.1. The molecule has 1 N–H and O–H groups in total. The first-order chi connectivity index (χ1) is 17.6. The number of nitrogens with zero attached hydrogens (tertiary/aromatic N) is 4. The largest absolute Gasteiger partial charge is 0.354 e. The molecule has 0 bridgehead atoms. The molecular formula is C28H22FN5O2. The van der Waals surface area contributed by atoms with Crippen molar-refractivity contribution < 1.29 is 13.7 Å². The van der Waals surface area contributed by atoms with Crippen molar-refractivity contribution in [3.63, 3.8) is 0 Å². The summed E-state index contributed by atoms with van der Waals surface area (Å²) in [5.74, 6) is 5.83. The third-order valence-electron chi connectivity index (χ3n) is 6.04. The molecule has 1 fully saturated rings. The second kappa shape index (κ2) is 10.3. The molecule has 0 spiro atoms. The van der Waals surface area contributed by atoms with Gasteiger partial charge in [-0.05, 0) is 35.9 Å². The molecule has 1 saturated heterocycles. The average molecular weight is 480 g/mol. The Morgan fingerprint density at radius 3 is 2.69 bits per heavy atom. The summed E-state index contributed by atoms with van der Waals surface area (Å²) in [5.41, 5.74) is 2.85. The van der Waals surface area contributed by atoms with E-state index in [1.54, 1.807) is 17.0 Å². The molecule has 1 aliphatic heterocycles. The fourth-order valence-corrected chi connectivity index (χ4v) is 4.14. The first kappa shape index (κ1) is 23.1. The maximum absolute atomic E-state index is 13.8. The maximum atomic E-state index is 13.8. The zero-order chi connectivity index (χ0) is 24.9. The van der Waals surface area contributed by atoms with Crippen LogP contribution in [-0.4, -0.2) is 47.2 Å². The number of aromatic nitrogens is 1. The molecule has 36 heavy (non-hydrogen) atoms. The van der Waals surface area contributed by atoms with E-state index in [1.807, 2.05) is 48.5 Å². The van der Waals surface area contributed by atoms with E-state index in [1.165, 1.54) is 6.07 Å². The van der Waals surface area contributed by atoms with Gasteiger partial charge >= 0.3 is 6.03 Å². The SMILES string of the molecule is [C-]#[N+]c1c(F)cccc1C#Cc1cccc(CN2CCN(C(=O)Nc3noc4ccccc34)CC2)c1. The number of fused-ring (bicyclic) bond motifs is 1. The number of hydrogen-bond donors (Lipinski definition) is 1. The molecule has 0 radical (unpaired) electrons. The molecule has 2 heterocycles. The van der Waals surface area contributed by atoms with Crippen molar-refractivity contribution in [2.75, 3.05) is 31.5 Å². The zero-order valence-electron chi connectivity index (χ0n) is 19.4. The van der Waals surface area contributed by atoms with Crippen LogP contribution in [0.1, 0.15) is 16.7 Å². The Bertz CT molecular complexity index is 1520. The molecule has 8 heteroatoms. The Labute approximate surface area is 207 Å². The van der Waals surface area contributed by atoms with E-state index in [0.717, 1.165) is 36.1 Å². The third kappa shape index (κ3) is 5.05. The molecule has 2 amide bonds. The number of benzene rings is 3. The van der Waals surface area contributed by atoms with Crippen LogP contribution in [0.3, 0.4) is 0 Å². The van der Waals surface area contributed by atoms with E-state index in [-0.39, 0.29) is 11.7 Å². The first-order valence-electron chi connectivity index (χ1n) is 11.5. The lowest BCUT2D eigenvalue weighted by molar-refractivity contribution is 0.143. The van der Waals surface area contributed by atoms with Crippen molar-refractivity contribution >= 4 is 28.5 Å². The predicted molar refractivity (Wildman–Crippen MR) is 135 cm³/mol. The van der Waals surface area contributed by atoms with Crippen LogP contribution < -0.4 is 5.32 Å². The highest BCUT2D eigenvalue weighted by Crippen LogP contribution is 2.23. The normalized spacial score (nSPS) is 13.6. The van der Waals surface area contributed by atoms with Crippen LogP contribution >= 0.6 is 0 Å². The number of anilines is 1. The number of rotatable bonds is 3. The van der Waals surface area contributed by atoms with Crippen LogP contribution in [0.4, 0.5) is 20.7 Å². The standard InChI is InChI=1S/C28H22FN5O2/c1-30-26-22(8-5-10-24(26)29)13-12-20-6-4-7-21(18-20)19-33-14-16-34(17-15-33)28(35)31-27-23-9-2-3-11-25(23)36-32-27/h2-11,18H,14-17,19H2,(H,31,32,35). The van der Waals surface area contributed by atoms with Gasteiger partial charge in [0, 0.05) is 43.9 Å². The minimum absolute atomic E-state index is 0.0557. The fraction of sp³-hybridized carbons (Fsp3) is 0.179. The van der Waals surface area contributed by atoms with Crippen molar-refractivity contribution in [2.45, 2.75) is 6.54 Å². The summed E-state index contributed by atoms with van der Waals surface area (Å²) in [7, 11) is 0. The molecule has 0 unspecified atom stereocenters. The number of amides is 2. The molecule has 178 valence electrons. The van der Waals surface area contributed by atoms with Crippen molar-refractivity contribution in [1.29, 1.82) is 0 Å². The monoisotopic (exact) mass is 479 g/mol. The third-order valence-corrected chi connectivity index (χ3v) is 6.04. The smallest absolute Gasteiger partial charge is 0.323 e. The van der Waals surface area contributed by atoms with E-state index in [4.69, 9.17) is 11.1 Å². The van der Waals surface area contributed by atoms with E-state index >= 15 is 0 Å². The van der Waals surface area contributed by atoms with Gasteiger partial charge in [-0.25, -0.2) is 14.0 Å². The second-order valence-electron chi connectivity index (χ2n) is 8.42. The minimum atomic E-state index is -0.562. The molecule has 7 nitrogen and oxygen atoms in total. The van der Waals surface area contributed by atoms with Gasteiger partial charge in [0.2, 0.25) is 5.69 Å². The fourth-order valence-electron chi connectivity index (χ4n) is 4.14. The summed E-state index contributed by atoms with van der Waals surface area (Å²) < 4.78 is 19.1. The van der Waals surface area contributed by atoms with Crippen LogP contribution in [-0.2, 0) is 6.54 Å². The molecule has 0 aliphatic carbocycles. The van der Waals surface area contributed by atoms with Gasteiger partial charge in [0.05, 0.1) is 12.0 Å². The summed E-state index contributed by atoms with van der Waals surface area (Å²) in [6.07, 6.45) is 0. The minimum Gasteiger partial charge on any atom is -0.354 e. The van der Waals surface area contributed by atoms with Crippen LogP contribution in [0.2, 0.25) is 0 Å². The van der Waals surface area contributed by atoms with E-state index in [0.29, 0.717) is 30.1 Å². The van der Waals surface area contributed by atoms with Gasteiger partial charge in [-0.2, -0.15) is 0 Å². The van der Waals surface area contributed by atoms with Gasteiger partial charge in [-0.15, -0.1) is 0 Å². The molecule has 3 aromatic carbocycles. The highest BCUT2D eigenvalue weighted by atomic mass is 19.1. The number of carbonyl (C=O) groups is 1. The number of piperazine rings is 1. The summed E-state index contributed by atoms with van der Waals surface area (Å²) in [6, 6.07) is 19.5. The highest BCUT2D eigenvalue weighted by Gasteiger charge is 2.22. The number of halogens is 1. The Kier molecular flexibility index (Phi) is 6.61. The molecule has 1 aromatic heterocycles. The van der Waals surface area contributed by atoms with Crippen LogP contribution in [0.15, 0.2) is 71.3 Å². The number of para-hydroxylation sites is 2. The molecule has 0 saturated carbocycles. The van der Waals surface area contributed by atoms with Gasteiger partial charge in [0.25, 0.3) is 0 Å². The summed E-state index contributed by atoms with van der Waals surface area (Å²) in [4.78, 5) is 20.0. The first-order valence-corrected chi connectivity index (χ1v) is 11.5. The Balaban J connectivity index is 1.18. The number of urea groups is 1. The highest BCUT2D eigenvalue weighted by molar-refractivity contribution is 5.98. The number of carbonyl (C=O) groups excluding carboxylic acids is 1. The lowest BCUT2D eigenvalue weighted by Crippen LogP contribution is -2.49. The molecular weight excluding hydrogens is 457 g/mol. The summed E-state index contributed by atoms with van der Waals surface area (Å²) in [6.45, 7) is 10.6. The lowest BCUT2D eigenvalue weighted by Gasteiger charge is -2.34. The molecule has 0 atom stereocenters.